The van der Waals surface area contributed by atoms with Crippen molar-refractivity contribution in [3.63, 3.8) is 0 Å². The fraction of sp³-hybridized carbons (Fsp3) is 1.00. The smallest absolute Gasteiger partial charge is 0.0443 e. The second-order valence-corrected chi connectivity index (χ2v) is 9.12. The molecule has 0 bridgehead atoms. The van der Waals surface area contributed by atoms with Crippen LogP contribution in [0.2, 0.25) is 0 Å². The summed E-state index contributed by atoms with van der Waals surface area (Å²) in [6.45, 7) is 14.4. The van der Waals surface area contributed by atoms with E-state index in [0.29, 0.717) is 0 Å². The summed E-state index contributed by atoms with van der Waals surface area (Å²) in [6.07, 6.45) is 20.1. The fourth-order valence-corrected chi connectivity index (χ4v) is 3.82. The standard InChI is InChI=1S/C24H50/c1-7-9-10-14-22(4)17-12-18-24(6)20-13-19-23(5)16-11-15-21(3)8-2/h21-24H,7-20H2,1-6H3. The molecule has 0 saturated heterocycles. The van der Waals surface area contributed by atoms with Crippen LogP contribution >= 0.6 is 0 Å². The Bertz CT molecular complexity index is 244. The van der Waals surface area contributed by atoms with Crippen molar-refractivity contribution in [2.45, 2.75) is 131 Å². The molecule has 0 amide bonds. The molecule has 0 aliphatic rings. The highest BCUT2D eigenvalue weighted by Gasteiger charge is 2.08. The van der Waals surface area contributed by atoms with Gasteiger partial charge in [0.1, 0.15) is 0 Å². The molecule has 0 rings (SSSR count). The minimum absolute atomic E-state index is 0.932. The predicted octanol–water partition coefficient (Wildman–Crippen LogP) is 9.03. The second kappa shape index (κ2) is 16.5. The van der Waals surface area contributed by atoms with Crippen molar-refractivity contribution in [2.24, 2.45) is 23.7 Å². The Balaban J connectivity index is 3.49. The van der Waals surface area contributed by atoms with Gasteiger partial charge in [0.25, 0.3) is 0 Å². The molecule has 4 unspecified atom stereocenters. The molecule has 0 saturated carbocycles. The lowest BCUT2D eigenvalue weighted by Crippen LogP contribution is -2.01. The van der Waals surface area contributed by atoms with Crippen molar-refractivity contribution in [1.82, 2.24) is 0 Å². The maximum Gasteiger partial charge on any atom is -0.0443 e. The summed E-state index contributed by atoms with van der Waals surface area (Å²) in [7, 11) is 0. The Morgan fingerprint density at radius 2 is 0.750 bits per heavy atom. The van der Waals surface area contributed by atoms with Gasteiger partial charge in [0.05, 0.1) is 0 Å². The minimum atomic E-state index is 0.932. The minimum Gasteiger partial charge on any atom is -0.0654 e. The molecule has 0 aromatic carbocycles. The lowest BCUT2D eigenvalue weighted by Gasteiger charge is -2.16. The van der Waals surface area contributed by atoms with Gasteiger partial charge < -0.3 is 0 Å². The molecule has 0 aromatic rings. The van der Waals surface area contributed by atoms with E-state index in [9.17, 15) is 0 Å². The Labute approximate surface area is 155 Å². The largest absolute Gasteiger partial charge is 0.0654 e. The molecule has 146 valence electrons. The molecule has 0 aliphatic carbocycles. The first-order valence-corrected chi connectivity index (χ1v) is 11.5. The zero-order valence-electron chi connectivity index (χ0n) is 18.2. The van der Waals surface area contributed by atoms with Gasteiger partial charge in [0.15, 0.2) is 0 Å². The Morgan fingerprint density at radius 3 is 1.08 bits per heavy atom. The summed E-state index contributed by atoms with van der Waals surface area (Å²) in [5, 5.41) is 0. The van der Waals surface area contributed by atoms with Gasteiger partial charge in [0, 0.05) is 0 Å². The quantitative estimate of drug-likeness (QED) is 0.232. The second-order valence-electron chi connectivity index (χ2n) is 9.12. The molecule has 0 aromatic heterocycles. The lowest BCUT2D eigenvalue weighted by molar-refractivity contribution is 0.369. The van der Waals surface area contributed by atoms with Crippen molar-refractivity contribution in [1.29, 1.82) is 0 Å². The van der Waals surface area contributed by atoms with Crippen LogP contribution in [0.15, 0.2) is 0 Å². The van der Waals surface area contributed by atoms with E-state index < -0.39 is 0 Å². The van der Waals surface area contributed by atoms with Crippen molar-refractivity contribution < 1.29 is 0 Å². The average molecular weight is 339 g/mol. The maximum atomic E-state index is 2.48. The summed E-state index contributed by atoms with van der Waals surface area (Å²) in [4.78, 5) is 0. The summed E-state index contributed by atoms with van der Waals surface area (Å²) >= 11 is 0. The van der Waals surface area contributed by atoms with Crippen LogP contribution in [0.5, 0.6) is 0 Å². The number of unbranched alkanes of at least 4 members (excludes halogenated alkanes) is 2. The van der Waals surface area contributed by atoms with E-state index in [0.717, 1.165) is 23.7 Å². The van der Waals surface area contributed by atoms with Gasteiger partial charge in [-0.3, -0.25) is 0 Å². The van der Waals surface area contributed by atoms with E-state index in [1.807, 2.05) is 0 Å². The molecule has 0 N–H and O–H groups in total. The van der Waals surface area contributed by atoms with Gasteiger partial charge in [-0.2, -0.15) is 0 Å². The first-order valence-electron chi connectivity index (χ1n) is 11.5. The zero-order chi connectivity index (χ0) is 18.2. The van der Waals surface area contributed by atoms with Crippen molar-refractivity contribution in [3.8, 4) is 0 Å². The molecule has 0 spiro atoms. The van der Waals surface area contributed by atoms with Crippen molar-refractivity contribution in [2.75, 3.05) is 0 Å². The van der Waals surface area contributed by atoms with Crippen LogP contribution in [0.4, 0.5) is 0 Å². The van der Waals surface area contributed by atoms with E-state index in [-0.39, 0.29) is 0 Å². The topological polar surface area (TPSA) is 0 Å². The number of hydrogen-bond acceptors (Lipinski definition) is 0. The zero-order valence-corrected chi connectivity index (χ0v) is 18.2. The third kappa shape index (κ3) is 15.5. The highest BCUT2D eigenvalue weighted by Crippen LogP contribution is 2.23. The Morgan fingerprint density at radius 1 is 0.417 bits per heavy atom. The molecule has 0 fully saturated rings. The molecule has 0 nitrogen and oxygen atoms in total. The third-order valence-corrected chi connectivity index (χ3v) is 6.18. The van der Waals surface area contributed by atoms with E-state index in [1.54, 1.807) is 0 Å². The van der Waals surface area contributed by atoms with Crippen molar-refractivity contribution >= 4 is 0 Å². The normalized spacial score (nSPS) is 16.8. The molecule has 0 heterocycles. The van der Waals surface area contributed by atoms with Crippen LogP contribution in [0.3, 0.4) is 0 Å². The van der Waals surface area contributed by atoms with E-state index in [1.165, 1.54) is 89.9 Å². The van der Waals surface area contributed by atoms with E-state index in [4.69, 9.17) is 0 Å². The van der Waals surface area contributed by atoms with Crippen LogP contribution in [0.1, 0.15) is 131 Å². The molecule has 24 heavy (non-hydrogen) atoms. The summed E-state index contributed by atoms with van der Waals surface area (Å²) < 4.78 is 0. The summed E-state index contributed by atoms with van der Waals surface area (Å²) in [5.74, 6) is 3.77. The fourth-order valence-electron chi connectivity index (χ4n) is 3.82. The van der Waals surface area contributed by atoms with Crippen LogP contribution in [-0.4, -0.2) is 0 Å². The highest BCUT2D eigenvalue weighted by molar-refractivity contribution is 4.61. The van der Waals surface area contributed by atoms with Crippen LogP contribution in [0, 0.1) is 23.7 Å². The van der Waals surface area contributed by atoms with E-state index >= 15 is 0 Å². The number of rotatable bonds is 17. The highest BCUT2D eigenvalue weighted by atomic mass is 14.1. The van der Waals surface area contributed by atoms with Crippen LogP contribution in [0.25, 0.3) is 0 Å². The van der Waals surface area contributed by atoms with E-state index in [2.05, 4.69) is 41.5 Å². The van der Waals surface area contributed by atoms with Gasteiger partial charge in [0.2, 0.25) is 0 Å². The van der Waals surface area contributed by atoms with Gasteiger partial charge in [-0.15, -0.1) is 0 Å². The molecule has 0 radical (unpaired) electrons. The van der Waals surface area contributed by atoms with Crippen LogP contribution < -0.4 is 0 Å². The SMILES string of the molecule is CCCCCC(C)CCCC(C)CCCC(C)CCCC(C)CC. The Kier molecular flexibility index (Phi) is 16.5. The lowest BCUT2D eigenvalue weighted by atomic mass is 9.90. The first kappa shape index (κ1) is 24.0. The van der Waals surface area contributed by atoms with Crippen LogP contribution in [-0.2, 0) is 0 Å². The molecular formula is C24H50. The first-order chi connectivity index (χ1) is 11.5. The monoisotopic (exact) mass is 338 g/mol. The Hall–Kier alpha value is 0. The average Bonchev–Trinajstić information content (AvgIpc) is 2.55. The molecular weight excluding hydrogens is 288 g/mol. The number of hydrogen-bond donors (Lipinski definition) is 0. The van der Waals surface area contributed by atoms with Crippen molar-refractivity contribution in [3.05, 3.63) is 0 Å². The predicted molar refractivity (Wildman–Crippen MR) is 113 cm³/mol. The molecule has 4 atom stereocenters. The summed E-state index contributed by atoms with van der Waals surface area (Å²) in [5.41, 5.74) is 0. The van der Waals surface area contributed by atoms with Gasteiger partial charge in [-0.1, -0.05) is 131 Å². The third-order valence-electron chi connectivity index (χ3n) is 6.18. The van der Waals surface area contributed by atoms with Gasteiger partial charge in [-0.25, -0.2) is 0 Å². The summed E-state index contributed by atoms with van der Waals surface area (Å²) in [6, 6.07) is 0. The molecule has 0 heteroatoms. The van der Waals surface area contributed by atoms with Gasteiger partial charge >= 0.3 is 0 Å². The van der Waals surface area contributed by atoms with Gasteiger partial charge in [-0.05, 0) is 23.7 Å². The maximum absolute atomic E-state index is 2.48. The molecule has 0 aliphatic heterocycles.